The monoisotopic (exact) mass is 1380 g/mol. The van der Waals surface area contributed by atoms with Gasteiger partial charge in [-0.3, -0.25) is 0 Å². The van der Waals surface area contributed by atoms with Crippen molar-refractivity contribution in [3.63, 3.8) is 0 Å². The number of anilines is 2. The molecule has 0 radical (unpaired) electrons. The van der Waals surface area contributed by atoms with Gasteiger partial charge in [-0.05, 0) is 156 Å². The van der Waals surface area contributed by atoms with E-state index < -0.39 is 54.5 Å². The molecule has 2 aromatic carbocycles. The van der Waals surface area contributed by atoms with Crippen LogP contribution in [0, 0.1) is 0 Å². The first-order valence-electron chi connectivity index (χ1n) is 31.6. The van der Waals surface area contributed by atoms with Gasteiger partial charge in [0.25, 0.3) is 0 Å². The van der Waals surface area contributed by atoms with Crippen LogP contribution in [0.15, 0.2) is 77.5 Å². The van der Waals surface area contributed by atoms with E-state index in [4.69, 9.17) is 67.0 Å². The van der Waals surface area contributed by atoms with Gasteiger partial charge in [0.05, 0.1) is 71.1 Å². The van der Waals surface area contributed by atoms with Crippen LogP contribution in [0.25, 0.3) is 44.3 Å². The summed E-state index contributed by atoms with van der Waals surface area (Å²) in [6.45, 7) is 48.4. The summed E-state index contributed by atoms with van der Waals surface area (Å²) in [5.41, 5.74) is 4.80. The molecule has 0 N–H and O–H groups in total. The van der Waals surface area contributed by atoms with E-state index in [2.05, 4.69) is 151 Å². The first-order chi connectivity index (χ1) is 42.0. The van der Waals surface area contributed by atoms with Crippen molar-refractivity contribution >= 4 is 98.1 Å². The average Bonchev–Trinajstić information content (AvgIpc) is 1.63. The Hall–Kier alpha value is -2.91. The minimum absolute atomic E-state index is 0. The first kappa shape index (κ1) is 75.5. The number of halogens is 1. The summed E-state index contributed by atoms with van der Waals surface area (Å²) in [4.78, 5) is 22.6. The zero-order chi connectivity index (χ0) is 65.8. The average molecular weight is 1380 g/mol. The van der Waals surface area contributed by atoms with Gasteiger partial charge >= 0.3 is 72.5 Å². The number of nitrogens with zero attached hydrogens (tertiary/aromatic N) is 8. The minimum atomic E-state index is -1.17. The van der Waals surface area contributed by atoms with E-state index >= 15 is 0 Å². The van der Waals surface area contributed by atoms with Crippen molar-refractivity contribution in [2.24, 2.45) is 0 Å². The molecular weight excluding hydrogens is 1280 g/mol. The molecule has 20 nitrogen and oxygen atoms in total. The molecule has 0 saturated carbocycles. The molecule has 0 amide bonds. The summed E-state index contributed by atoms with van der Waals surface area (Å²) in [6.07, 6.45) is 3.74. The van der Waals surface area contributed by atoms with Gasteiger partial charge in [-0.25, -0.2) is 19.3 Å². The first-order valence-corrected chi connectivity index (χ1v) is 39.8. The third-order valence-corrected chi connectivity index (χ3v) is 21.8. The SMILES string of the molecule is CC(=O)[O-].CC1(C)OB(B2OC(C)(C)C(C)(C)O2)OC1(C)C.CC1(C)OB(c2ccc3c(c2)c(-c2ccnc(N4CCOCC4)c2)nn3COCC[Si](C)(C)C)OC1(C)C.C[Si](C)(C)CCOCn1nc(-c2ccnc(N3CCOCC3)c2)c2cc(Br)ccc21.[K+]. The Kier molecular flexibility index (Phi) is 25.4. The van der Waals surface area contributed by atoms with Crippen LogP contribution in [0.4, 0.5) is 11.6 Å². The second kappa shape index (κ2) is 30.7. The van der Waals surface area contributed by atoms with Crippen molar-refractivity contribution in [1.29, 1.82) is 0 Å². The molecule has 5 saturated heterocycles. The summed E-state index contributed by atoms with van der Waals surface area (Å²) in [5.74, 6) is 0.835. The van der Waals surface area contributed by atoms with Crippen LogP contribution in [-0.4, -0.2) is 172 Å². The Bertz CT molecular complexity index is 3320. The van der Waals surface area contributed by atoms with Gasteiger partial charge in [0.15, 0.2) is 0 Å². The molecule has 0 aliphatic carbocycles. The van der Waals surface area contributed by atoms with Gasteiger partial charge in [-0.1, -0.05) is 67.3 Å². The second-order valence-corrected chi connectivity index (χ2v) is 41.3. The van der Waals surface area contributed by atoms with Crippen LogP contribution in [0.5, 0.6) is 0 Å². The number of benzene rings is 2. The quantitative estimate of drug-likeness (QED) is 0.0678. The Labute approximate surface area is 594 Å². The Balaban J connectivity index is 0.000000197. The normalized spacial score (nSPS) is 19.7. The molecule has 0 unspecified atom stereocenters. The number of carboxylic acids is 1. The number of pyridine rings is 2. The van der Waals surface area contributed by atoms with Crippen molar-refractivity contribution in [1.82, 2.24) is 29.5 Å². The van der Waals surface area contributed by atoms with Crippen LogP contribution in [0.1, 0.15) is 90.0 Å². The van der Waals surface area contributed by atoms with E-state index in [0.29, 0.717) is 13.5 Å². The molecule has 27 heteroatoms. The zero-order valence-electron chi connectivity index (χ0n) is 57.9. The molecule has 11 rings (SSSR count). The van der Waals surface area contributed by atoms with E-state index in [-0.39, 0.29) is 73.8 Å². The van der Waals surface area contributed by atoms with E-state index in [1.54, 1.807) is 0 Å². The number of carbonyl (C=O) groups is 1. The number of carboxylic acid groups (broad SMARTS) is 1. The van der Waals surface area contributed by atoms with E-state index in [0.717, 1.165) is 151 Å². The summed E-state index contributed by atoms with van der Waals surface area (Å²) in [7, 11) is -3.66. The number of carbonyl (C=O) groups excluding carboxylic acids is 1. The maximum absolute atomic E-state index is 8.89. The van der Waals surface area contributed by atoms with Crippen molar-refractivity contribution in [3.8, 4) is 22.5 Å². The maximum atomic E-state index is 8.89. The molecule has 6 aromatic rings. The third-order valence-electron chi connectivity index (χ3n) is 17.9. The third kappa shape index (κ3) is 19.4. The van der Waals surface area contributed by atoms with Crippen molar-refractivity contribution in [3.05, 3.63) is 77.5 Å². The predicted octanol–water partition coefficient (Wildman–Crippen LogP) is 7.57. The summed E-state index contributed by atoms with van der Waals surface area (Å²) < 4.78 is 64.7. The number of ether oxygens (including phenoxy) is 4. The number of rotatable bonds is 16. The maximum Gasteiger partial charge on any atom is 1.00 e. The number of hydrogen-bond acceptors (Lipinski definition) is 18. The standard InChI is InChI=1S/C28H41BN4O4Si.C22H29BrN4O2Si.C12H24B2O4.C2H4O2.K/c1-27(2)28(3,4)37-29(36-27)22-8-9-24-23(19-22)26(31-33(24)20-35-16-17-38(5,6)7)21-10-11-30-25(18-21)32-12-14-34-15-13-32;1-30(2,3)13-12-29-16-27-20-5-4-18(23)15-19(20)22(25-27)17-6-7-24-21(14-17)26-8-10-28-11-9-26;1-9(2)10(3,4)16-13(15-9)14-17-11(5,6)12(7,8)18-14;1-2(3)4;/h8-11,18-19H,12-17,20H2,1-7H3;4-7,14-15H,8-13,16H2,1-3H3;1-8H3;1H3,(H,3,4);/q;;;;+1/p-1. The van der Waals surface area contributed by atoms with Gasteiger partial charge in [-0.15, -0.1) is 0 Å². The van der Waals surface area contributed by atoms with Crippen molar-refractivity contribution < 1.29 is 108 Å². The molecule has 0 bridgehead atoms. The van der Waals surface area contributed by atoms with Gasteiger partial charge in [0, 0.05) is 100 Å². The summed E-state index contributed by atoms with van der Waals surface area (Å²) in [5, 5.41) is 21.0. The topological polar surface area (TPSA) is 200 Å². The van der Waals surface area contributed by atoms with Crippen molar-refractivity contribution in [2.45, 2.75) is 188 Å². The molecule has 9 heterocycles. The van der Waals surface area contributed by atoms with Crippen LogP contribution < -0.4 is 71.8 Å². The van der Waals surface area contributed by atoms with Crippen LogP contribution in [0.3, 0.4) is 0 Å². The molecule has 4 aromatic heterocycles. The fourth-order valence-corrected chi connectivity index (χ4v) is 12.1. The van der Waals surface area contributed by atoms with Crippen LogP contribution in [0.2, 0.25) is 51.4 Å². The Morgan fingerprint density at radius 3 is 1.27 bits per heavy atom. The number of aromatic nitrogens is 6. The molecule has 0 spiro atoms. The molecule has 91 heavy (non-hydrogen) atoms. The fourth-order valence-electron chi connectivity index (χ4n) is 10.2. The number of morpholine rings is 2. The van der Waals surface area contributed by atoms with Crippen molar-refractivity contribution in [2.75, 3.05) is 75.6 Å². The van der Waals surface area contributed by atoms with Gasteiger partial charge in [-0.2, -0.15) is 10.2 Å². The zero-order valence-corrected chi connectivity index (χ0v) is 64.6. The van der Waals surface area contributed by atoms with Crippen LogP contribution in [-0.2, 0) is 65.1 Å². The fraction of sp³-hybridized carbons (Fsp3) is 0.609. The smallest absolute Gasteiger partial charge is 0.550 e. The minimum Gasteiger partial charge on any atom is -0.550 e. The van der Waals surface area contributed by atoms with Crippen LogP contribution >= 0.6 is 15.9 Å². The Morgan fingerprint density at radius 2 is 0.901 bits per heavy atom. The van der Waals surface area contributed by atoms with Gasteiger partial charge in [0.1, 0.15) is 36.5 Å². The molecule has 5 fully saturated rings. The summed E-state index contributed by atoms with van der Waals surface area (Å²) >= 11 is 3.61. The van der Waals surface area contributed by atoms with E-state index in [9.17, 15) is 0 Å². The largest absolute Gasteiger partial charge is 1.00 e. The number of hydrogen-bond donors (Lipinski definition) is 0. The predicted molar refractivity (Wildman–Crippen MR) is 366 cm³/mol. The van der Waals surface area contributed by atoms with Gasteiger partial charge in [0.2, 0.25) is 0 Å². The van der Waals surface area contributed by atoms with Gasteiger partial charge < -0.3 is 66.6 Å². The number of fused-ring (bicyclic) bond motifs is 2. The number of aliphatic carboxylic acids is 1. The Morgan fingerprint density at radius 1 is 0.549 bits per heavy atom. The molecule has 5 aliphatic rings. The van der Waals surface area contributed by atoms with E-state index in [1.807, 2.05) is 89.3 Å². The van der Waals surface area contributed by atoms with E-state index in [1.165, 1.54) is 0 Å². The molecular formula is C64H97B3BrKN8O12Si2. The molecule has 490 valence electrons. The second-order valence-electron chi connectivity index (χ2n) is 29.2. The molecule has 0 atom stereocenters. The molecule has 5 aliphatic heterocycles. The summed E-state index contributed by atoms with van der Waals surface area (Å²) in [6, 6.07) is 23.2.